The summed E-state index contributed by atoms with van der Waals surface area (Å²) in [6.07, 6.45) is 1.68. The Balaban J connectivity index is 1.61. The van der Waals surface area contributed by atoms with Gasteiger partial charge in [0.1, 0.15) is 0 Å². The van der Waals surface area contributed by atoms with E-state index < -0.39 is 0 Å². The van der Waals surface area contributed by atoms with Crippen LogP contribution in [0.25, 0.3) is 0 Å². The van der Waals surface area contributed by atoms with Crippen LogP contribution in [0.2, 0.25) is 0 Å². The number of aliphatic hydroxyl groups is 1. The fourth-order valence-electron chi connectivity index (χ4n) is 2.81. The third-order valence-corrected chi connectivity index (χ3v) is 4.54. The lowest BCUT2D eigenvalue weighted by molar-refractivity contribution is -0.123. The van der Waals surface area contributed by atoms with E-state index in [1.165, 1.54) is 0 Å². The minimum absolute atomic E-state index is 0.0515. The Hall–Kier alpha value is -1.40. The number of carbonyl (C=O) groups excluding carboxylic acids is 2. The molecule has 5 nitrogen and oxygen atoms in total. The molecule has 21 heavy (non-hydrogen) atoms. The molecular weight excluding hydrogens is 336 g/mol. The van der Waals surface area contributed by atoms with E-state index in [0.29, 0.717) is 24.9 Å². The van der Waals surface area contributed by atoms with Gasteiger partial charge in [0.2, 0.25) is 5.91 Å². The number of halogens is 1. The fourth-order valence-corrected chi connectivity index (χ4v) is 3.22. The Kier molecular flexibility index (Phi) is 3.99. The van der Waals surface area contributed by atoms with E-state index in [1.807, 2.05) is 12.1 Å². The van der Waals surface area contributed by atoms with E-state index in [2.05, 4.69) is 21.2 Å². The van der Waals surface area contributed by atoms with E-state index in [9.17, 15) is 14.7 Å². The van der Waals surface area contributed by atoms with E-state index >= 15 is 0 Å². The molecule has 0 unspecified atom stereocenters. The quantitative estimate of drug-likeness (QED) is 0.855. The lowest BCUT2D eigenvalue weighted by Gasteiger charge is -2.33. The fraction of sp³-hybridized carbons (Fsp3) is 0.467. The number of aliphatic hydroxyl groups excluding tert-OH is 1. The third-order valence-electron chi connectivity index (χ3n) is 4.05. The summed E-state index contributed by atoms with van der Waals surface area (Å²) in [5, 5.41) is 12.1. The first kappa shape index (κ1) is 14.5. The predicted molar refractivity (Wildman–Crippen MR) is 80.9 cm³/mol. The highest BCUT2D eigenvalue weighted by molar-refractivity contribution is 9.10. The number of hydrogen-bond acceptors (Lipinski definition) is 3. The first-order valence-electron chi connectivity index (χ1n) is 7.08. The minimum Gasteiger partial charge on any atom is -0.393 e. The van der Waals surface area contributed by atoms with Crippen LogP contribution in [0.3, 0.4) is 0 Å². The molecule has 1 fully saturated rings. The van der Waals surface area contributed by atoms with Gasteiger partial charge >= 0.3 is 0 Å². The molecule has 1 saturated carbocycles. The molecule has 1 aromatic rings. The smallest absolute Gasteiger partial charge is 0.254 e. The second-order valence-corrected chi connectivity index (χ2v) is 6.58. The van der Waals surface area contributed by atoms with Crippen LogP contribution in [0.5, 0.6) is 0 Å². The molecule has 1 heterocycles. The number of rotatable bonds is 3. The van der Waals surface area contributed by atoms with Gasteiger partial charge in [-0.2, -0.15) is 0 Å². The maximum Gasteiger partial charge on any atom is 0.254 e. The molecule has 2 N–H and O–H groups in total. The summed E-state index contributed by atoms with van der Waals surface area (Å²) in [6.45, 7) is 0.643. The molecule has 0 saturated heterocycles. The van der Waals surface area contributed by atoms with Gasteiger partial charge < -0.3 is 15.3 Å². The summed E-state index contributed by atoms with van der Waals surface area (Å²) in [5.41, 5.74) is 1.70. The van der Waals surface area contributed by atoms with Crippen LogP contribution in [0.15, 0.2) is 22.7 Å². The number of amides is 2. The molecule has 112 valence electrons. The van der Waals surface area contributed by atoms with Crippen LogP contribution in [-0.4, -0.2) is 47.1 Å². The molecule has 0 aromatic heterocycles. The molecule has 1 aliphatic carbocycles. The van der Waals surface area contributed by atoms with E-state index in [4.69, 9.17) is 0 Å². The molecule has 0 bridgehead atoms. The monoisotopic (exact) mass is 352 g/mol. The number of nitrogens with zero attached hydrogens (tertiary/aromatic N) is 1. The van der Waals surface area contributed by atoms with Crippen LogP contribution in [0, 0.1) is 0 Å². The topological polar surface area (TPSA) is 69.6 Å². The van der Waals surface area contributed by atoms with E-state index in [0.717, 1.165) is 16.5 Å². The molecule has 0 radical (unpaired) electrons. The molecule has 1 aliphatic heterocycles. The van der Waals surface area contributed by atoms with Crippen LogP contribution in [0.4, 0.5) is 0 Å². The number of nitrogens with one attached hydrogen (secondary N) is 1. The van der Waals surface area contributed by atoms with E-state index in [-0.39, 0.29) is 30.5 Å². The Bertz CT molecular complexity index is 584. The lowest BCUT2D eigenvalue weighted by Crippen LogP contribution is -2.51. The van der Waals surface area contributed by atoms with E-state index in [1.54, 1.807) is 11.0 Å². The summed E-state index contributed by atoms with van der Waals surface area (Å²) < 4.78 is 0.962. The lowest BCUT2D eigenvalue weighted by atomic mass is 9.89. The average molecular weight is 353 g/mol. The van der Waals surface area contributed by atoms with Crippen molar-refractivity contribution in [3.8, 4) is 0 Å². The summed E-state index contributed by atoms with van der Waals surface area (Å²) in [7, 11) is 0. The second-order valence-electron chi connectivity index (χ2n) is 5.67. The van der Waals surface area contributed by atoms with Crippen molar-refractivity contribution >= 4 is 27.7 Å². The van der Waals surface area contributed by atoms with Crippen molar-refractivity contribution in [3.63, 3.8) is 0 Å². The van der Waals surface area contributed by atoms with Crippen LogP contribution in [-0.2, 0) is 11.2 Å². The SMILES string of the molecule is O=C(CN1CCc2cc(Br)ccc2C1=O)NC1CC(O)C1. The number of benzene rings is 1. The predicted octanol–water partition coefficient (Wildman–Crippen LogP) is 1.09. The highest BCUT2D eigenvalue weighted by atomic mass is 79.9. The van der Waals surface area contributed by atoms with Crippen molar-refractivity contribution < 1.29 is 14.7 Å². The third kappa shape index (κ3) is 3.11. The van der Waals surface area contributed by atoms with Gasteiger partial charge in [-0.1, -0.05) is 15.9 Å². The molecule has 0 spiro atoms. The Morgan fingerprint density at radius 1 is 1.43 bits per heavy atom. The van der Waals surface area contributed by atoms with Gasteiger partial charge in [-0.05, 0) is 43.0 Å². The summed E-state index contributed by atoms with van der Waals surface area (Å²) >= 11 is 3.40. The Morgan fingerprint density at radius 3 is 2.90 bits per heavy atom. The summed E-state index contributed by atoms with van der Waals surface area (Å²) in [5.74, 6) is -0.242. The Labute approximate surface area is 131 Å². The second kappa shape index (κ2) is 5.77. The number of hydrogen-bond donors (Lipinski definition) is 2. The molecular formula is C15H17BrN2O3. The first-order chi connectivity index (χ1) is 10.0. The maximum atomic E-state index is 12.4. The minimum atomic E-state index is -0.294. The molecule has 6 heteroatoms. The van der Waals surface area contributed by atoms with Gasteiger partial charge in [0.15, 0.2) is 0 Å². The zero-order chi connectivity index (χ0) is 15.0. The van der Waals surface area contributed by atoms with Gasteiger partial charge in [0, 0.05) is 22.6 Å². The molecule has 2 amide bonds. The zero-order valence-electron chi connectivity index (χ0n) is 11.5. The van der Waals surface area contributed by atoms with Crippen molar-refractivity contribution in [1.82, 2.24) is 10.2 Å². The summed E-state index contributed by atoms with van der Waals surface area (Å²) in [6, 6.07) is 5.65. The van der Waals surface area contributed by atoms with Gasteiger partial charge in [-0.15, -0.1) is 0 Å². The maximum absolute atomic E-state index is 12.4. The number of fused-ring (bicyclic) bond motifs is 1. The molecule has 0 atom stereocenters. The normalized spacial score (nSPS) is 24.3. The van der Waals surface area contributed by atoms with Gasteiger partial charge in [0.25, 0.3) is 5.91 Å². The zero-order valence-corrected chi connectivity index (χ0v) is 13.1. The highest BCUT2D eigenvalue weighted by Gasteiger charge is 2.30. The van der Waals surface area contributed by atoms with Crippen LogP contribution >= 0.6 is 15.9 Å². The van der Waals surface area contributed by atoms with Crippen molar-refractivity contribution in [2.75, 3.05) is 13.1 Å². The van der Waals surface area contributed by atoms with Gasteiger partial charge in [-0.25, -0.2) is 0 Å². The highest BCUT2D eigenvalue weighted by Crippen LogP contribution is 2.23. The Morgan fingerprint density at radius 2 is 2.19 bits per heavy atom. The van der Waals surface area contributed by atoms with Gasteiger partial charge in [-0.3, -0.25) is 9.59 Å². The molecule has 2 aliphatic rings. The molecule has 1 aromatic carbocycles. The first-order valence-corrected chi connectivity index (χ1v) is 7.87. The standard InChI is InChI=1S/C15H17BrN2O3/c16-10-1-2-13-9(5-10)3-4-18(15(13)21)8-14(20)17-11-6-12(19)7-11/h1-2,5,11-12,19H,3-4,6-8H2,(H,17,20). The van der Waals surface area contributed by atoms with Crippen LogP contribution in [0.1, 0.15) is 28.8 Å². The van der Waals surface area contributed by atoms with Crippen molar-refractivity contribution in [1.29, 1.82) is 0 Å². The largest absolute Gasteiger partial charge is 0.393 e. The van der Waals surface area contributed by atoms with Gasteiger partial charge in [0.05, 0.1) is 12.6 Å². The number of carbonyl (C=O) groups is 2. The average Bonchev–Trinajstić information content (AvgIpc) is 2.40. The van der Waals surface area contributed by atoms with Crippen molar-refractivity contribution in [2.45, 2.75) is 31.4 Å². The van der Waals surface area contributed by atoms with Crippen molar-refractivity contribution in [3.05, 3.63) is 33.8 Å². The molecule has 3 rings (SSSR count). The van der Waals surface area contributed by atoms with Crippen LogP contribution < -0.4 is 5.32 Å². The summed E-state index contributed by atoms with van der Waals surface area (Å²) in [4.78, 5) is 25.9. The van der Waals surface area contributed by atoms with Crippen molar-refractivity contribution in [2.24, 2.45) is 0 Å².